The van der Waals surface area contributed by atoms with Gasteiger partial charge in [-0.2, -0.15) is 0 Å². The van der Waals surface area contributed by atoms with Crippen LogP contribution in [-0.2, 0) is 4.79 Å². The summed E-state index contributed by atoms with van der Waals surface area (Å²) in [5.41, 5.74) is 2.23. The number of likely N-dealkylation sites (N-methyl/N-ethyl adjacent to an activating group) is 1. The number of hydrogen-bond donors (Lipinski definition) is 1. The zero-order valence-electron chi connectivity index (χ0n) is 16.9. The lowest BCUT2D eigenvalue weighted by atomic mass is 9.95. The summed E-state index contributed by atoms with van der Waals surface area (Å²) in [5.74, 6) is 0.810. The van der Waals surface area contributed by atoms with Crippen molar-refractivity contribution in [1.29, 1.82) is 0 Å². The van der Waals surface area contributed by atoms with Crippen molar-refractivity contribution in [1.82, 2.24) is 10.2 Å². The first-order valence-corrected chi connectivity index (χ1v) is 9.85. The molecule has 1 amide bonds. The van der Waals surface area contributed by atoms with Crippen LogP contribution in [0.25, 0.3) is 0 Å². The molecule has 0 aromatic heterocycles. The highest BCUT2D eigenvalue weighted by atomic mass is 16.5. The van der Waals surface area contributed by atoms with E-state index in [0.29, 0.717) is 6.54 Å². The Labute approximate surface area is 163 Å². The van der Waals surface area contributed by atoms with Gasteiger partial charge in [-0.15, -0.1) is 0 Å². The number of nitrogens with one attached hydrogen (secondary N) is 1. The predicted octanol–water partition coefficient (Wildman–Crippen LogP) is 4.39. The molecular weight excluding hydrogens is 336 g/mol. The van der Waals surface area contributed by atoms with Crippen molar-refractivity contribution >= 4 is 5.91 Å². The highest BCUT2D eigenvalue weighted by Gasteiger charge is 2.23. The first-order valence-electron chi connectivity index (χ1n) is 9.85. The van der Waals surface area contributed by atoms with Gasteiger partial charge in [0.2, 0.25) is 5.91 Å². The van der Waals surface area contributed by atoms with Crippen molar-refractivity contribution in [2.45, 2.75) is 39.2 Å². The second-order valence-electron chi connectivity index (χ2n) is 6.63. The number of carbonyl (C=O) groups is 1. The average Bonchev–Trinajstić information content (AvgIpc) is 2.72. The quantitative estimate of drug-likeness (QED) is 0.676. The lowest BCUT2D eigenvalue weighted by Gasteiger charge is -2.31. The number of ether oxygens (including phenoxy) is 1. The van der Waals surface area contributed by atoms with Gasteiger partial charge in [-0.05, 0) is 42.8 Å². The Morgan fingerprint density at radius 3 is 2.26 bits per heavy atom. The summed E-state index contributed by atoms with van der Waals surface area (Å²) in [5, 5.41) is 3.20. The van der Waals surface area contributed by atoms with Gasteiger partial charge in [0.1, 0.15) is 5.75 Å². The second kappa shape index (κ2) is 10.7. The summed E-state index contributed by atoms with van der Waals surface area (Å²) in [7, 11) is 1.68. The molecule has 0 saturated carbocycles. The van der Waals surface area contributed by atoms with Crippen molar-refractivity contribution in [3.63, 3.8) is 0 Å². The average molecular weight is 369 g/mol. The van der Waals surface area contributed by atoms with Gasteiger partial charge < -0.3 is 10.1 Å². The molecule has 0 aliphatic heterocycles. The Bertz CT molecular complexity index is 699. The molecule has 0 radical (unpaired) electrons. The number of rotatable bonds is 10. The van der Waals surface area contributed by atoms with E-state index in [1.807, 2.05) is 42.5 Å². The van der Waals surface area contributed by atoms with Crippen LogP contribution < -0.4 is 10.1 Å². The molecule has 4 heteroatoms. The number of hydrogen-bond acceptors (Lipinski definition) is 3. The van der Waals surface area contributed by atoms with Crippen molar-refractivity contribution in [2.75, 3.05) is 26.7 Å². The van der Waals surface area contributed by atoms with Crippen LogP contribution in [-0.4, -0.2) is 37.6 Å². The van der Waals surface area contributed by atoms with E-state index in [2.05, 4.69) is 43.1 Å². The van der Waals surface area contributed by atoms with Crippen LogP contribution in [0.3, 0.4) is 0 Å². The maximum absolute atomic E-state index is 12.9. The summed E-state index contributed by atoms with van der Waals surface area (Å²) in [6.07, 6.45) is 0.783. The minimum Gasteiger partial charge on any atom is -0.497 e. The number of nitrogens with zero attached hydrogens (tertiary/aromatic N) is 1. The van der Waals surface area contributed by atoms with Crippen LogP contribution >= 0.6 is 0 Å². The van der Waals surface area contributed by atoms with E-state index in [4.69, 9.17) is 4.74 Å². The normalized spacial score (nSPS) is 13.2. The van der Waals surface area contributed by atoms with Crippen molar-refractivity contribution in [2.24, 2.45) is 0 Å². The van der Waals surface area contributed by atoms with Crippen molar-refractivity contribution in [3.8, 4) is 5.75 Å². The van der Waals surface area contributed by atoms with Gasteiger partial charge in [0.15, 0.2) is 0 Å². The molecule has 2 aromatic carbocycles. The van der Waals surface area contributed by atoms with Gasteiger partial charge in [0, 0.05) is 6.54 Å². The molecule has 0 fully saturated rings. The molecule has 2 rings (SSSR count). The Morgan fingerprint density at radius 2 is 1.67 bits per heavy atom. The lowest BCUT2D eigenvalue weighted by molar-refractivity contribution is -0.122. The highest BCUT2D eigenvalue weighted by Crippen LogP contribution is 2.25. The Balaban J connectivity index is 2.16. The van der Waals surface area contributed by atoms with Crippen LogP contribution in [0, 0.1) is 0 Å². The molecule has 4 nitrogen and oxygen atoms in total. The topological polar surface area (TPSA) is 41.6 Å². The summed E-state index contributed by atoms with van der Waals surface area (Å²) in [6.45, 7) is 8.78. The summed E-state index contributed by atoms with van der Waals surface area (Å²) >= 11 is 0. The van der Waals surface area contributed by atoms with Crippen LogP contribution in [0.2, 0.25) is 0 Å². The van der Waals surface area contributed by atoms with E-state index in [1.165, 1.54) is 0 Å². The van der Waals surface area contributed by atoms with Gasteiger partial charge in [0.05, 0.1) is 19.1 Å². The third kappa shape index (κ3) is 5.57. The standard InChI is InChI=1S/C23H32N2O2/c1-5-21(18-12-9-8-10-13-18)23(26)24-17-22(25(6-2)7-3)19-14-11-15-20(16-19)27-4/h8-16,21-22H,5-7,17H2,1-4H3,(H,24,26)/t21-,22-/m0/s1. The molecule has 2 atom stereocenters. The molecule has 0 aliphatic carbocycles. The minimum atomic E-state index is -0.117. The Kier molecular flexibility index (Phi) is 8.34. The van der Waals surface area contributed by atoms with Crippen LogP contribution in [0.5, 0.6) is 5.75 Å². The first kappa shape index (κ1) is 21.0. The third-order valence-corrected chi connectivity index (χ3v) is 5.13. The van der Waals surface area contributed by atoms with E-state index in [-0.39, 0.29) is 17.9 Å². The van der Waals surface area contributed by atoms with Gasteiger partial charge in [-0.3, -0.25) is 9.69 Å². The number of carbonyl (C=O) groups excluding carboxylic acids is 1. The molecule has 146 valence electrons. The molecule has 1 N–H and O–H groups in total. The predicted molar refractivity (Wildman–Crippen MR) is 111 cm³/mol. The summed E-state index contributed by atoms with van der Waals surface area (Å²) in [6, 6.07) is 18.2. The van der Waals surface area contributed by atoms with E-state index in [1.54, 1.807) is 7.11 Å². The smallest absolute Gasteiger partial charge is 0.227 e. The number of amides is 1. The largest absolute Gasteiger partial charge is 0.497 e. The van der Waals surface area contributed by atoms with E-state index in [9.17, 15) is 4.79 Å². The molecule has 2 aromatic rings. The Morgan fingerprint density at radius 1 is 1.00 bits per heavy atom. The SMILES string of the molecule is CC[C@H](C(=O)NC[C@@H](c1cccc(OC)c1)N(CC)CC)c1ccccc1. The molecular formula is C23H32N2O2. The van der Waals surface area contributed by atoms with Gasteiger partial charge in [0.25, 0.3) is 0 Å². The highest BCUT2D eigenvalue weighted by molar-refractivity contribution is 5.83. The fourth-order valence-corrected chi connectivity index (χ4v) is 3.55. The van der Waals surface area contributed by atoms with Crippen LogP contribution in [0.4, 0.5) is 0 Å². The first-order chi connectivity index (χ1) is 13.1. The Hall–Kier alpha value is -2.33. The maximum atomic E-state index is 12.9. The molecule has 0 saturated heterocycles. The summed E-state index contributed by atoms with van der Waals surface area (Å²) in [4.78, 5) is 15.2. The molecule has 0 heterocycles. The fraction of sp³-hybridized carbons (Fsp3) is 0.435. The monoisotopic (exact) mass is 368 g/mol. The molecule has 0 aliphatic rings. The lowest BCUT2D eigenvalue weighted by Crippen LogP contribution is -2.39. The van der Waals surface area contributed by atoms with Gasteiger partial charge >= 0.3 is 0 Å². The van der Waals surface area contributed by atoms with Gasteiger partial charge in [-0.1, -0.05) is 63.2 Å². The second-order valence-corrected chi connectivity index (χ2v) is 6.63. The van der Waals surface area contributed by atoms with Gasteiger partial charge in [-0.25, -0.2) is 0 Å². The zero-order valence-corrected chi connectivity index (χ0v) is 16.9. The molecule has 0 unspecified atom stereocenters. The zero-order chi connectivity index (χ0) is 19.6. The molecule has 0 bridgehead atoms. The third-order valence-electron chi connectivity index (χ3n) is 5.13. The van der Waals surface area contributed by atoms with Crippen molar-refractivity contribution < 1.29 is 9.53 Å². The van der Waals surface area contributed by atoms with Crippen LogP contribution in [0.1, 0.15) is 50.3 Å². The minimum absolute atomic E-state index is 0.0868. The van der Waals surface area contributed by atoms with E-state index >= 15 is 0 Å². The van der Waals surface area contributed by atoms with Crippen LogP contribution in [0.15, 0.2) is 54.6 Å². The fourth-order valence-electron chi connectivity index (χ4n) is 3.55. The van der Waals surface area contributed by atoms with E-state index in [0.717, 1.165) is 36.4 Å². The molecule has 27 heavy (non-hydrogen) atoms. The summed E-state index contributed by atoms with van der Waals surface area (Å²) < 4.78 is 5.39. The van der Waals surface area contributed by atoms with Crippen molar-refractivity contribution in [3.05, 3.63) is 65.7 Å². The number of methoxy groups -OCH3 is 1. The molecule has 0 spiro atoms. The maximum Gasteiger partial charge on any atom is 0.227 e. The number of benzene rings is 2. The van der Waals surface area contributed by atoms with E-state index < -0.39 is 0 Å².